The van der Waals surface area contributed by atoms with Crippen molar-refractivity contribution in [2.24, 2.45) is 5.92 Å². The molecule has 6 nitrogen and oxygen atoms in total. The fourth-order valence-electron chi connectivity index (χ4n) is 1.59. The van der Waals surface area contributed by atoms with Gasteiger partial charge >= 0.3 is 5.69 Å². The van der Waals surface area contributed by atoms with Crippen LogP contribution in [-0.4, -0.2) is 23.1 Å². The molecule has 0 spiro atoms. The topological polar surface area (TPSA) is 77.2 Å². The van der Waals surface area contributed by atoms with Gasteiger partial charge in [-0.1, -0.05) is 6.92 Å². The highest BCUT2D eigenvalue weighted by Gasteiger charge is 2.16. The van der Waals surface area contributed by atoms with Gasteiger partial charge in [-0.25, -0.2) is 0 Å². The maximum Gasteiger partial charge on any atom is 0.333 e. The van der Waals surface area contributed by atoms with Crippen molar-refractivity contribution in [1.82, 2.24) is 9.88 Å². The van der Waals surface area contributed by atoms with Crippen LogP contribution in [0.2, 0.25) is 0 Å². The Balaban J connectivity index is 3.03. The maximum absolute atomic E-state index is 11.5. The van der Waals surface area contributed by atoms with Crippen LogP contribution in [0, 0.1) is 16.0 Å². The molecule has 0 aliphatic carbocycles. The molecule has 1 aromatic rings. The standard InChI is InChI=1S/C10H14BrN3O3/c1-7(3-12-2)4-13-5-8(11)10(15)9(6-13)14(16)17/h5-7,12H,3-4H2,1-2H3. The number of aromatic nitrogens is 1. The summed E-state index contributed by atoms with van der Waals surface area (Å²) in [6.45, 7) is 3.44. The molecule has 1 aromatic heterocycles. The molecule has 0 saturated carbocycles. The molecule has 94 valence electrons. The molecule has 0 aromatic carbocycles. The maximum atomic E-state index is 11.5. The lowest BCUT2D eigenvalue weighted by Gasteiger charge is -2.13. The Bertz CT molecular complexity index is 472. The molecule has 0 aliphatic rings. The highest BCUT2D eigenvalue weighted by Crippen LogP contribution is 2.12. The summed E-state index contributed by atoms with van der Waals surface area (Å²) >= 11 is 3.04. The van der Waals surface area contributed by atoms with Crippen LogP contribution < -0.4 is 10.7 Å². The van der Waals surface area contributed by atoms with E-state index in [2.05, 4.69) is 21.2 Å². The molecule has 1 atom stereocenters. The third kappa shape index (κ3) is 3.64. The van der Waals surface area contributed by atoms with E-state index in [4.69, 9.17) is 0 Å². The molecule has 0 fully saturated rings. The number of rotatable bonds is 5. The van der Waals surface area contributed by atoms with Crippen LogP contribution in [0.3, 0.4) is 0 Å². The van der Waals surface area contributed by atoms with Crippen molar-refractivity contribution in [3.05, 3.63) is 37.2 Å². The number of hydrogen-bond acceptors (Lipinski definition) is 4. The molecule has 0 saturated heterocycles. The van der Waals surface area contributed by atoms with Crippen LogP contribution in [0.25, 0.3) is 0 Å². The lowest BCUT2D eigenvalue weighted by molar-refractivity contribution is -0.386. The van der Waals surface area contributed by atoms with E-state index in [9.17, 15) is 14.9 Å². The Kier molecular flexibility index (Phi) is 4.83. The van der Waals surface area contributed by atoms with Crippen LogP contribution in [0.1, 0.15) is 6.92 Å². The molecule has 1 rings (SSSR count). The predicted molar refractivity (Wildman–Crippen MR) is 68.1 cm³/mol. The van der Waals surface area contributed by atoms with Crippen molar-refractivity contribution in [1.29, 1.82) is 0 Å². The SMILES string of the molecule is CNCC(C)Cn1cc(Br)c(=O)c([N+](=O)[O-])c1. The largest absolute Gasteiger partial charge is 0.347 e. The summed E-state index contributed by atoms with van der Waals surface area (Å²) in [4.78, 5) is 21.5. The van der Waals surface area contributed by atoms with E-state index in [0.717, 1.165) is 6.54 Å². The van der Waals surface area contributed by atoms with Gasteiger partial charge in [-0.3, -0.25) is 14.9 Å². The minimum Gasteiger partial charge on any atom is -0.347 e. The average molecular weight is 304 g/mol. The van der Waals surface area contributed by atoms with Crippen LogP contribution in [0.4, 0.5) is 5.69 Å². The Labute approximate surface area is 107 Å². The van der Waals surface area contributed by atoms with Crippen molar-refractivity contribution in [3.63, 3.8) is 0 Å². The van der Waals surface area contributed by atoms with Crippen molar-refractivity contribution in [2.45, 2.75) is 13.5 Å². The third-order valence-corrected chi connectivity index (χ3v) is 2.85. The molecule has 1 N–H and O–H groups in total. The second-order valence-electron chi connectivity index (χ2n) is 3.94. The number of halogens is 1. The molecule has 0 bridgehead atoms. The summed E-state index contributed by atoms with van der Waals surface area (Å²) in [6.07, 6.45) is 2.85. The van der Waals surface area contributed by atoms with Gasteiger partial charge in [0.05, 0.1) is 15.6 Å². The summed E-state index contributed by atoms with van der Waals surface area (Å²) in [6, 6.07) is 0. The van der Waals surface area contributed by atoms with Crippen LogP contribution >= 0.6 is 15.9 Å². The van der Waals surface area contributed by atoms with Crippen molar-refractivity contribution in [3.8, 4) is 0 Å². The lowest BCUT2D eigenvalue weighted by atomic mass is 10.2. The van der Waals surface area contributed by atoms with E-state index in [1.807, 2.05) is 14.0 Å². The molecule has 0 radical (unpaired) electrons. The molecule has 1 heterocycles. The highest BCUT2D eigenvalue weighted by atomic mass is 79.9. The highest BCUT2D eigenvalue weighted by molar-refractivity contribution is 9.10. The molecule has 7 heteroatoms. The Morgan fingerprint density at radius 1 is 1.59 bits per heavy atom. The number of hydrogen-bond donors (Lipinski definition) is 1. The third-order valence-electron chi connectivity index (χ3n) is 2.29. The number of pyridine rings is 1. The van der Waals surface area contributed by atoms with E-state index in [-0.39, 0.29) is 4.47 Å². The quantitative estimate of drug-likeness (QED) is 0.658. The van der Waals surface area contributed by atoms with E-state index >= 15 is 0 Å². The molecular formula is C10H14BrN3O3. The minimum atomic E-state index is -0.660. The van der Waals surface area contributed by atoms with Gasteiger partial charge in [-0.15, -0.1) is 0 Å². The average Bonchev–Trinajstić information content (AvgIpc) is 2.23. The van der Waals surface area contributed by atoms with E-state index in [1.54, 1.807) is 10.8 Å². The van der Waals surface area contributed by atoms with Gasteiger partial charge in [0.15, 0.2) is 0 Å². The minimum absolute atomic E-state index is 0.211. The molecule has 1 unspecified atom stereocenters. The zero-order chi connectivity index (χ0) is 13.0. The van der Waals surface area contributed by atoms with Gasteiger partial charge in [0.2, 0.25) is 0 Å². The first kappa shape index (κ1) is 13.9. The fraction of sp³-hybridized carbons (Fsp3) is 0.500. The fourth-order valence-corrected chi connectivity index (χ4v) is 2.05. The van der Waals surface area contributed by atoms with Gasteiger partial charge in [0.1, 0.15) is 0 Å². The summed E-state index contributed by atoms with van der Waals surface area (Å²) in [5, 5.41) is 13.7. The number of nitrogens with zero attached hydrogens (tertiary/aromatic N) is 2. The number of nitrogens with one attached hydrogen (secondary N) is 1. The predicted octanol–water partition coefficient (Wildman–Crippen LogP) is 1.37. The summed E-state index contributed by atoms with van der Waals surface area (Å²) in [7, 11) is 1.85. The molecule has 17 heavy (non-hydrogen) atoms. The van der Waals surface area contributed by atoms with Crippen molar-refractivity contribution < 1.29 is 4.92 Å². The summed E-state index contributed by atoms with van der Waals surface area (Å²) in [5.41, 5.74) is -0.997. The number of nitro groups is 1. The summed E-state index contributed by atoms with van der Waals surface area (Å²) < 4.78 is 1.87. The second-order valence-corrected chi connectivity index (χ2v) is 4.79. The first-order valence-electron chi connectivity index (χ1n) is 5.14. The molecular weight excluding hydrogens is 290 g/mol. The first-order valence-corrected chi connectivity index (χ1v) is 5.93. The second kappa shape index (κ2) is 5.92. The van der Waals surface area contributed by atoms with Gasteiger partial charge in [-0.2, -0.15) is 0 Å². The molecule has 0 aliphatic heterocycles. The van der Waals surface area contributed by atoms with Gasteiger partial charge in [0, 0.05) is 12.7 Å². The van der Waals surface area contributed by atoms with Crippen molar-refractivity contribution >= 4 is 21.6 Å². The Morgan fingerprint density at radius 2 is 2.24 bits per heavy atom. The van der Waals surface area contributed by atoms with Crippen LogP contribution in [0.15, 0.2) is 21.7 Å². The smallest absolute Gasteiger partial charge is 0.333 e. The van der Waals surface area contributed by atoms with Gasteiger partial charge in [0.25, 0.3) is 5.43 Å². The molecule has 0 amide bonds. The zero-order valence-corrected chi connectivity index (χ0v) is 11.2. The van der Waals surface area contributed by atoms with E-state index in [1.165, 1.54) is 6.20 Å². The van der Waals surface area contributed by atoms with E-state index in [0.29, 0.717) is 12.5 Å². The van der Waals surface area contributed by atoms with Crippen LogP contribution in [-0.2, 0) is 6.54 Å². The van der Waals surface area contributed by atoms with Crippen LogP contribution in [0.5, 0.6) is 0 Å². The monoisotopic (exact) mass is 303 g/mol. The van der Waals surface area contributed by atoms with Crippen molar-refractivity contribution in [2.75, 3.05) is 13.6 Å². The zero-order valence-electron chi connectivity index (χ0n) is 9.64. The Hall–Kier alpha value is -1.21. The van der Waals surface area contributed by atoms with Gasteiger partial charge in [-0.05, 0) is 35.4 Å². The first-order chi connectivity index (χ1) is 7.95. The normalized spacial score (nSPS) is 12.4. The Morgan fingerprint density at radius 3 is 2.76 bits per heavy atom. The van der Waals surface area contributed by atoms with Gasteiger partial charge < -0.3 is 9.88 Å². The summed E-state index contributed by atoms with van der Waals surface area (Å²) in [5.74, 6) is 0.314. The lowest BCUT2D eigenvalue weighted by Crippen LogP contribution is -2.22. The van der Waals surface area contributed by atoms with E-state index < -0.39 is 16.0 Å².